The van der Waals surface area contributed by atoms with E-state index in [4.69, 9.17) is 9.15 Å². The Hall–Kier alpha value is -2.80. The molecule has 0 bridgehead atoms. The van der Waals surface area contributed by atoms with Gasteiger partial charge in [-0.25, -0.2) is 0 Å². The first-order valence-corrected chi connectivity index (χ1v) is 8.00. The number of ether oxygens (including phenoxy) is 1. The van der Waals surface area contributed by atoms with Crippen molar-refractivity contribution in [1.82, 2.24) is 5.32 Å². The lowest BCUT2D eigenvalue weighted by atomic mass is 10.1. The van der Waals surface area contributed by atoms with Crippen LogP contribution in [0.25, 0.3) is 0 Å². The summed E-state index contributed by atoms with van der Waals surface area (Å²) in [6, 6.07) is 8.81. The fourth-order valence-electron chi connectivity index (χ4n) is 2.84. The SMILES string of the molecule is COc1cccc(N2C[C@H](C(=O)NC[C@@H](O)c3ccoc3)CC2=O)c1. The molecule has 132 valence electrons. The molecule has 0 unspecified atom stereocenters. The van der Waals surface area contributed by atoms with Gasteiger partial charge < -0.3 is 24.5 Å². The van der Waals surface area contributed by atoms with Crippen molar-refractivity contribution in [1.29, 1.82) is 0 Å². The summed E-state index contributed by atoms with van der Waals surface area (Å²) in [5.41, 5.74) is 1.30. The third-order valence-corrected chi connectivity index (χ3v) is 4.26. The summed E-state index contributed by atoms with van der Waals surface area (Å²) in [6.07, 6.45) is 2.20. The molecule has 2 atom stereocenters. The van der Waals surface area contributed by atoms with Gasteiger partial charge in [-0.05, 0) is 18.2 Å². The zero-order chi connectivity index (χ0) is 17.8. The predicted octanol–water partition coefficient (Wildman–Crippen LogP) is 1.49. The van der Waals surface area contributed by atoms with Gasteiger partial charge in [-0.15, -0.1) is 0 Å². The largest absolute Gasteiger partial charge is 0.497 e. The van der Waals surface area contributed by atoms with E-state index in [0.29, 0.717) is 23.5 Å². The van der Waals surface area contributed by atoms with Crippen LogP contribution in [-0.2, 0) is 9.59 Å². The number of carbonyl (C=O) groups is 2. The number of aliphatic hydroxyl groups excluding tert-OH is 1. The standard InChI is InChI=1S/C18H20N2O5/c1-24-15-4-2-3-14(8-15)20-10-13(7-17(20)22)18(23)19-9-16(21)12-5-6-25-11-12/h2-6,8,11,13,16,21H,7,9-10H2,1H3,(H,19,23)/t13-,16-/m1/s1. The summed E-state index contributed by atoms with van der Waals surface area (Å²) in [6.45, 7) is 0.377. The first-order chi connectivity index (χ1) is 12.1. The Morgan fingerprint density at radius 2 is 2.32 bits per heavy atom. The van der Waals surface area contributed by atoms with E-state index in [0.717, 1.165) is 0 Å². The summed E-state index contributed by atoms with van der Waals surface area (Å²) in [4.78, 5) is 26.2. The van der Waals surface area contributed by atoms with Crippen molar-refractivity contribution in [3.8, 4) is 5.75 Å². The molecule has 2 heterocycles. The molecule has 0 saturated carbocycles. The second-order valence-electron chi connectivity index (χ2n) is 5.92. The van der Waals surface area contributed by atoms with Gasteiger partial charge >= 0.3 is 0 Å². The smallest absolute Gasteiger partial charge is 0.227 e. The molecule has 25 heavy (non-hydrogen) atoms. The monoisotopic (exact) mass is 344 g/mol. The number of hydrogen-bond donors (Lipinski definition) is 2. The third-order valence-electron chi connectivity index (χ3n) is 4.26. The summed E-state index contributed by atoms with van der Waals surface area (Å²) in [5.74, 6) is -0.151. The highest BCUT2D eigenvalue weighted by Crippen LogP contribution is 2.28. The topological polar surface area (TPSA) is 92.0 Å². The number of methoxy groups -OCH3 is 1. The minimum absolute atomic E-state index is 0.0716. The lowest BCUT2D eigenvalue weighted by molar-refractivity contribution is -0.126. The van der Waals surface area contributed by atoms with Crippen molar-refractivity contribution in [2.45, 2.75) is 12.5 Å². The highest BCUT2D eigenvalue weighted by Gasteiger charge is 2.35. The molecule has 2 aromatic rings. The number of carbonyl (C=O) groups excluding carboxylic acids is 2. The van der Waals surface area contributed by atoms with Crippen molar-refractivity contribution >= 4 is 17.5 Å². The van der Waals surface area contributed by atoms with Crippen LogP contribution in [0.5, 0.6) is 5.75 Å². The Bertz CT molecular complexity index is 744. The number of rotatable bonds is 6. The molecule has 0 spiro atoms. The minimum atomic E-state index is -0.839. The van der Waals surface area contributed by atoms with Gasteiger partial charge in [0.15, 0.2) is 0 Å². The molecule has 1 fully saturated rings. The molecule has 0 radical (unpaired) electrons. The number of nitrogens with zero attached hydrogens (tertiary/aromatic N) is 1. The molecule has 7 heteroatoms. The van der Waals surface area contributed by atoms with E-state index >= 15 is 0 Å². The molecule has 2 amide bonds. The molecule has 2 N–H and O–H groups in total. The number of benzene rings is 1. The van der Waals surface area contributed by atoms with Crippen LogP contribution in [0.2, 0.25) is 0 Å². The van der Waals surface area contributed by atoms with E-state index in [1.807, 2.05) is 6.07 Å². The maximum absolute atomic E-state index is 12.3. The van der Waals surface area contributed by atoms with Crippen LogP contribution in [0, 0.1) is 5.92 Å². The first-order valence-electron chi connectivity index (χ1n) is 8.00. The van der Waals surface area contributed by atoms with Crippen LogP contribution in [0.4, 0.5) is 5.69 Å². The number of anilines is 1. The molecule has 1 aliphatic heterocycles. The normalized spacial score (nSPS) is 18.2. The van der Waals surface area contributed by atoms with Gasteiger partial charge in [-0.1, -0.05) is 6.07 Å². The van der Waals surface area contributed by atoms with E-state index in [1.54, 1.807) is 36.3 Å². The Kier molecular flexibility index (Phi) is 5.04. The second kappa shape index (κ2) is 7.40. The fourth-order valence-corrected chi connectivity index (χ4v) is 2.84. The van der Waals surface area contributed by atoms with Crippen molar-refractivity contribution in [2.75, 3.05) is 25.1 Å². The van der Waals surface area contributed by atoms with Crippen molar-refractivity contribution in [3.63, 3.8) is 0 Å². The highest BCUT2D eigenvalue weighted by molar-refractivity contribution is 6.00. The zero-order valence-corrected chi connectivity index (χ0v) is 13.8. The Balaban J connectivity index is 1.58. The molecule has 1 aliphatic rings. The van der Waals surface area contributed by atoms with E-state index in [2.05, 4.69) is 5.32 Å². The Labute approximate surface area is 145 Å². The van der Waals surface area contributed by atoms with Gasteiger partial charge in [-0.2, -0.15) is 0 Å². The molecule has 1 saturated heterocycles. The zero-order valence-electron chi connectivity index (χ0n) is 13.8. The van der Waals surface area contributed by atoms with E-state index in [-0.39, 0.29) is 24.8 Å². The summed E-state index contributed by atoms with van der Waals surface area (Å²) in [5, 5.41) is 12.7. The summed E-state index contributed by atoms with van der Waals surface area (Å²) < 4.78 is 10.1. The highest BCUT2D eigenvalue weighted by atomic mass is 16.5. The molecule has 3 rings (SSSR count). The van der Waals surface area contributed by atoms with Crippen LogP contribution >= 0.6 is 0 Å². The lowest BCUT2D eigenvalue weighted by Crippen LogP contribution is -2.35. The van der Waals surface area contributed by atoms with Crippen LogP contribution in [0.15, 0.2) is 47.3 Å². The van der Waals surface area contributed by atoms with Gasteiger partial charge in [0.1, 0.15) is 5.75 Å². The van der Waals surface area contributed by atoms with E-state index < -0.39 is 12.0 Å². The van der Waals surface area contributed by atoms with E-state index in [9.17, 15) is 14.7 Å². The van der Waals surface area contributed by atoms with Crippen LogP contribution < -0.4 is 15.0 Å². The van der Waals surface area contributed by atoms with Crippen LogP contribution in [0.3, 0.4) is 0 Å². The second-order valence-corrected chi connectivity index (χ2v) is 5.92. The van der Waals surface area contributed by atoms with Crippen molar-refractivity contribution < 1.29 is 23.8 Å². The average Bonchev–Trinajstić information content (AvgIpc) is 3.29. The van der Waals surface area contributed by atoms with Crippen LogP contribution in [-0.4, -0.2) is 37.1 Å². The maximum Gasteiger partial charge on any atom is 0.227 e. The fraction of sp³-hybridized carbons (Fsp3) is 0.333. The van der Waals surface area contributed by atoms with Gasteiger partial charge in [-0.3, -0.25) is 9.59 Å². The van der Waals surface area contributed by atoms with Crippen molar-refractivity contribution in [2.24, 2.45) is 5.92 Å². The predicted molar refractivity (Wildman–Crippen MR) is 90.1 cm³/mol. The average molecular weight is 344 g/mol. The summed E-state index contributed by atoms with van der Waals surface area (Å²) in [7, 11) is 1.56. The molecule has 1 aromatic heterocycles. The van der Waals surface area contributed by atoms with Crippen molar-refractivity contribution in [3.05, 3.63) is 48.4 Å². The van der Waals surface area contributed by atoms with E-state index in [1.165, 1.54) is 12.5 Å². The Morgan fingerprint density at radius 3 is 3.04 bits per heavy atom. The quantitative estimate of drug-likeness (QED) is 0.828. The van der Waals surface area contributed by atoms with Gasteiger partial charge in [0, 0.05) is 36.8 Å². The lowest BCUT2D eigenvalue weighted by Gasteiger charge is -2.18. The van der Waals surface area contributed by atoms with Crippen LogP contribution in [0.1, 0.15) is 18.1 Å². The minimum Gasteiger partial charge on any atom is -0.497 e. The van der Waals surface area contributed by atoms with Gasteiger partial charge in [0.05, 0.1) is 31.7 Å². The molecule has 7 nitrogen and oxygen atoms in total. The number of furan rings is 1. The molecule has 1 aromatic carbocycles. The summed E-state index contributed by atoms with van der Waals surface area (Å²) >= 11 is 0. The molecule has 0 aliphatic carbocycles. The number of amides is 2. The van der Waals surface area contributed by atoms with Gasteiger partial charge in [0.25, 0.3) is 0 Å². The molecular weight excluding hydrogens is 324 g/mol. The maximum atomic E-state index is 12.3. The number of nitrogens with one attached hydrogen (secondary N) is 1. The molecular formula is C18H20N2O5. The number of aliphatic hydroxyl groups is 1. The first kappa shape index (κ1) is 17.0. The number of hydrogen-bond acceptors (Lipinski definition) is 5. The van der Waals surface area contributed by atoms with Gasteiger partial charge in [0.2, 0.25) is 11.8 Å². The third kappa shape index (κ3) is 3.83. The Morgan fingerprint density at radius 1 is 1.48 bits per heavy atom.